The molecule has 0 spiro atoms. The second kappa shape index (κ2) is 6.58. The lowest BCUT2D eigenvalue weighted by molar-refractivity contribution is -0.140. The van der Waals surface area contributed by atoms with Gasteiger partial charge in [-0.2, -0.15) is 0 Å². The number of piperidine rings is 1. The molecule has 0 saturated carbocycles. The number of anilines is 1. The summed E-state index contributed by atoms with van der Waals surface area (Å²) >= 11 is 0. The molecule has 28 heavy (non-hydrogen) atoms. The largest absolute Gasteiger partial charge is 0.361 e. The topological polar surface area (TPSA) is 75.4 Å². The summed E-state index contributed by atoms with van der Waals surface area (Å²) in [5.74, 6) is 1.87. The second-order valence-corrected chi connectivity index (χ2v) is 7.82. The Morgan fingerprint density at radius 1 is 1.14 bits per heavy atom. The highest BCUT2D eigenvalue weighted by Gasteiger charge is 2.41. The Morgan fingerprint density at radius 3 is 2.75 bits per heavy atom. The van der Waals surface area contributed by atoms with E-state index in [1.165, 1.54) is 0 Å². The van der Waals surface area contributed by atoms with Crippen molar-refractivity contribution in [1.29, 1.82) is 0 Å². The lowest BCUT2D eigenvalue weighted by Gasteiger charge is -2.35. The van der Waals surface area contributed by atoms with Crippen LogP contribution in [0.25, 0.3) is 11.0 Å². The fraction of sp³-hybridized carbons (Fsp3) is 0.429. The van der Waals surface area contributed by atoms with E-state index in [-0.39, 0.29) is 17.9 Å². The fourth-order valence-electron chi connectivity index (χ4n) is 4.43. The van der Waals surface area contributed by atoms with Gasteiger partial charge in [0, 0.05) is 24.7 Å². The van der Waals surface area contributed by atoms with Crippen molar-refractivity contribution < 1.29 is 9.32 Å². The van der Waals surface area contributed by atoms with E-state index in [1.54, 1.807) is 0 Å². The molecular formula is C21H23N5O2. The normalized spacial score (nSPS) is 22.1. The van der Waals surface area contributed by atoms with Crippen LogP contribution in [0.5, 0.6) is 0 Å². The summed E-state index contributed by atoms with van der Waals surface area (Å²) in [4.78, 5) is 26.8. The van der Waals surface area contributed by atoms with E-state index < -0.39 is 0 Å². The average Bonchev–Trinajstić information content (AvgIpc) is 2.89. The molecule has 0 aliphatic carbocycles. The second-order valence-electron chi connectivity index (χ2n) is 7.82. The molecule has 2 atom stereocenters. The first kappa shape index (κ1) is 17.2. The Kier molecular flexibility index (Phi) is 4.03. The zero-order valence-corrected chi connectivity index (χ0v) is 16.1. The predicted molar refractivity (Wildman–Crippen MR) is 105 cm³/mol. The molecule has 3 saturated heterocycles. The van der Waals surface area contributed by atoms with E-state index >= 15 is 0 Å². The molecule has 6 rings (SSSR count). The zero-order chi connectivity index (χ0) is 19.3. The first-order valence-corrected chi connectivity index (χ1v) is 9.79. The predicted octanol–water partition coefficient (Wildman–Crippen LogP) is 2.86. The third kappa shape index (κ3) is 2.82. The van der Waals surface area contributed by atoms with Gasteiger partial charge in [-0.25, -0.2) is 4.98 Å². The Morgan fingerprint density at radius 2 is 1.96 bits per heavy atom. The van der Waals surface area contributed by atoms with E-state index in [0.29, 0.717) is 13.1 Å². The third-order valence-electron chi connectivity index (χ3n) is 6.06. The van der Waals surface area contributed by atoms with Crippen LogP contribution in [0, 0.1) is 19.8 Å². The van der Waals surface area contributed by atoms with Gasteiger partial charge in [0.15, 0.2) is 0 Å². The highest BCUT2D eigenvalue weighted by atomic mass is 16.5. The van der Waals surface area contributed by atoms with Crippen LogP contribution in [0.4, 0.5) is 5.82 Å². The molecule has 3 aromatic rings. The van der Waals surface area contributed by atoms with Crippen LogP contribution in [0.15, 0.2) is 35.0 Å². The number of nitrogens with zero attached hydrogens (tertiary/aromatic N) is 5. The van der Waals surface area contributed by atoms with Gasteiger partial charge in [0.1, 0.15) is 11.6 Å². The highest BCUT2D eigenvalue weighted by molar-refractivity contribution is 5.82. The quantitative estimate of drug-likeness (QED) is 0.699. The Bertz CT molecular complexity index is 1030. The minimum absolute atomic E-state index is 0.00695. The Balaban J connectivity index is 1.44. The van der Waals surface area contributed by atoms with Crippen LogP contribution in [-0.2, 0) is 11.3 Å². The number of para-hydroxylation sites is 2. The van der Waals surface area contributed by atoms with Gasteiger partial charge in [-0.05, 0) is 38.8 Å². The maximum atomic E-state index is 13.2. The molecule has 3 aliphatic rings. The van der Waals surface area contributed by atoms with Crippen molar-refractivity contribution in [2.75, 3.05) is 18.0 Å². The first-order valence-electron chi connectivity index (χ1n) is 9.79. The molecule has 2 bridgehead atoms. The number of benzene rings is 1. The molecule has 3 fully saturated rings. The number of aryl methyl sites for hydroxylation is 2. The minimum atomic E-state index is -0.00695. The lowest BCUT2D eigenvalue weighted by Crippen LogP contribution is -2.47. The average molecular weight is 377 g/mol. The molecule has 0 N–H and O–H groups in total. The van der Waals surface area contributed by atoms with Crippen LogP contribution in [0.2, 0.25) is 0 Å². The maximum absolute atomic E-state index is 13.2. The number of carbonyl (C=O) groups is 1. The molecule has 1 amide bonds. The van der Waals surface area contributed by atoms with Gasteiger partial charge in [-0.1, -0.05) is 17.3 Å². The van der Waals surface area contributed by atoms with E-state index in [4.69, 9.17) is 9.51 Å². The molecule has 3 aliphatic heterocycles. The van der Waals surface area contributed by atoms with Crippen molar-refractivity contribution in [3.63, 3.8) is 0 Å². The molecule has 7 heteroatoms. The smallest absolute Gasteiger partial charge is 0.228 e. The van der Waals surface area contributed by atoms with Crippen LogP contribution >= 0.6 is 0 Å². The minimum Gasteiger partial charge on any atom is -0.361 e. The van der Waals surface area contributed by atoms with Gasteiger partial charge in [0.2, 0.25) is 5.91 Å². The van der Waals surface area contributed by atoms with Crippen molar-refractivity contribution in [3.05, 3.63) is 47.5 Å². The standard InChI is InChI=1S/C21H23N5O2/c1-13-17(14(2)28-24-13)12-26-16-8-7-15(21(26)27)10-25(11-16)20-9-22-18-5-3-4-6-19(18)23-20/h3-6,9,15-16H,7-8,10-12H2,1-2H3/t15-,16+/m0/s1. The van der Waals surface area contributed by atoms with Gasteiger partial charge in [0.25, 0.3) is 0 Å². The maximum Gasteiger partial charge on any atom is 0.228 e. The highest BCUT2D eigenvalue weighted by Crippen LogP contribution is 2.33. The lowest BCUT2D eigenvalue weighted by atomic mass is 9.93. The fourth-order valence-corrected chi connectivity index (χ4v) is 4.43. The molecule has 0 radical (unpaired) electrons. The van der Waals surface area contributed by atoms with E-state index in [1.807, 2.05) is 49.2 Å². The number of rotatable bonds is 3. The monoisotopic (exact) mass is 377 g/mol. The van der Waals surface area contributed by atoms with Crippen LogP contribution in [-0.4, -0.2) is 45.1 Å². The van der Waals surface area contributed by atoms with Crippen LogP contribution in [0.3, 0.4) is 0 Å². The van der Waals surface area contributed by atoms with Crippen LogP contribution < -0.4 is 4.90 Å². The molecular weight excluding hydrogens is 354 g/mol. The molecule has 5 heterocycles. The number of carbonyl (C=O) groups excluding carboxylic acids is 1. The van der Waals surface area contributed by atoms with Gasteiger partial charge >= 0.3 is 0 Å². The van der Waals surface area contributed by atoms with Gasteiger partial charge in [-0.15, -0.1) is 0 Å². The van der Waals surface area contributed by atoms with Crippen LogP contribution in [0.1, 0.15) is 29.9 Å². The van der Waals surface area contributed by atoms with Gasteiger partial charge < -0.3 is 14.3 Å². The summed E-state index contributed by atoms with van der Waals surface area (Å²) in [5.41, 5.74) is 3.66. The summed E-state index contributed by atoms with van der Waals surface area (Å²) in [6, 6.07) is 8.05. The van der Waals surface area contributed by atoms with Crippen molar-refractivity contribution in [1.82, 2.24) is 20.0 Å². The first-order chi connectivity index (χ1) is 13.6. The summed E-state index contributed by atoms with van der Waals surface area (Å²) < 4.78 is 5.30. The molecule has 2 aromatic heterocycles. The molecule has 0 unspecified atom stereocenters. The Hall–Kier alpha value is -2.96. The number of aromatic nitrogens is 3. The summed E-state index contributed by atoms with van der Waals surface area (Å²) in [5, 5.41) is 4.04. The molecule has 1 aromatic carbocycles. The van der Waals surface area contributed by atoms with Gasteiger partial charge in [-0.3, -0.25) is 9.78 Å². The Labute approximate surface area is 163 Å². The zero-order valence-electron chi connectivity index (χ0n) is 16.1. The van der Waals surface area contributed by atoms with Gasteiger partial charge in [0.05, 0.1) is 35.4 Å². The summed E-state index contributed by atoms with van der Waals surface area (Å²) in [6.07, 6.45) is 3.77. The van der Waals surface area contributed by atoms with Crippen molar-refractivity contribution >= 4 is 22.8 Å². The molecule has 144 valence electrons. The summed E-state index contributed by atoms with van der Waals surface area (Å²) in [7, 11) is 0. The number of hydrogen-bond acceptors (Lipinski definition) is 6. The third-order valence-corrected chi connectivity index (χ3v) is 6.06. The number of fused-ring (bicyclic) bond motifs is 5. The number of amides is 1. The van der Waals surface area contributed by atoms with Crippen molar-refractivity contribution in [2.45, 2.75) is 39.3 Å². The number of hydrogen-bond donors (Lipinski definition) is 0. The van der Waals surface area contributed by atoms with E-state index in [2.05, 4.69) is 15.0 Å². The molecule has 7 nitrogen and oxygen atoms in total. The van der Waals surface area contributed by atoms with Crippen molar-refractivity contribution in [3.8, 4) is 0 Å². The SMILES string of the molecule is Cc1noc(C)c1CN1C(=O)[C@H]2CC[C@@H]1CN(c1cnc3ccccc3n1)C2. The summed E-state index contributed by atoms with van der Waals surface area (Å²) in [6.45, 7) is 5.88. The van der Waals surface area contributed by atoms with E-state index in [9.17, 15) is 4.79 Å². The van der Waals surface area contributed by atoms with E-state index in [0.717, 1.165) is 53.3 Å². The van der Waals surface area contributed by atoms with Crippen molar-refractivity contribution in [2.24, 2.45) is 5.92 Å².